The summed E-state index contributed by atoms with van der Waals surface area (Å²) >= 11 is 0. The van der Waals surface area contributed by atoms with Crippen molar-refractivity contribution in [1.29, 1.82) is 0 Å². The second kappa shape index (κ2) is 64.4. The topological polar surface area (TPSA) is 78.9 Å². The van der Waals surface area contributed by atoms with Crippen molar-refractivity contribution < 1.29 is 28.6 Å². The van der Waals surface area contributed by atoms with E-state index in [4.69, 9.17) is 14.2 Å². The number of hydrogen-bond acceptors (Lipinski definition) is 6. The summed E-state index contributed by atoms with van der Waals surface area (Å²) in [5.41, 5.74) is 0. The van der Waals surface area contributed by atoms with Gasteiger partial charge < -0.3 is 14.2 Å². The van der Waals surface area contributed by atoms with Gasteiger partial charge in [0.25, 0.3) is 0 Å². The first-order chi connectivity index (χ1) is 37.0. The van der Waals surface area contributed by atoms with Gasteiger partial charge in [-0.15, -0.1) is 0 Å². The first kappa shape index (κ1) is 72.9. The lowest BCUT2D eigenvalue weighted by atomic mass is 10.0. The zero-order valence-corrected chi connectivity index (χ0v) is 50.8. The van der Waals surface area contributed by atoms with Gasteiger partial charge in [-0.1, -0.05) is 315 Å². The molecule has 75 heavy (non-hydrogen) atoms. The first-order valence-electron chi connectivity index (χ1n) is 33.8. The highest BCUT2D eigenvalue weighted by Gasteiger charge is 2.19. The molecule has 0 saturated heterocycles. The third kappa shape index (κ3) is 62.6. The number of carbonyl (C=O) groups excluding carboxylic acids is 3. The highest BCUT2D eigenvalue weighted by atomic mass is 16.6. The Morgan fingerprint density at radius 3 is 0.667 bits per heavy atom. The van der Waals surface area contributed by atoms with Crippen molar-refractivity contribution in [3.8, 4) is 0 Å². The van der Waals surface area contributed by atoms with E-state index in [1.165, 1.54) is 283 Å². The van der Waals surface area contributed by atoms with Gasteiger partial charge in [-0.25, -0.2) is 0 Å². The zero-order valence-electron chi connectivity index (χ0n) is 50.8. The van der Waals surface area contributed by atoms with E-state index < -0.39 is 6.10 Å². The second-order valence-electron chi connectivity index (χ2n) is 23.1. The summed E-state index contributed by atoms with van der Waals surface area (Å²) in [6, 6.07) is 0. The fraction of sp³-hybridized carbons (Fsp3) is 0.899. The van der Waals surface area contributed by atoms with E-state index in [0.717, 1.165) is 57.8 Å². The molecule has 0 fully saturated rings. The van der Waals surface area contributed by atoms with E-state index in [1.54, 1.807) is 0 Å². The lowest BCUT2D eigenvalue weighted by Crippen LogP contribution is -2.30. The number of unbranched alkanes of at least 4 members (excludes halogenated alkanes) is 48. The van der Waals surface area contributed by atoms with Gasteiger partial charge in [-0.3, -0.25) is 14.4 Å². The average Bonchev–Trinajstić information content (AvgIpc) is 3.41. The normalized spacial score (nSPS) is 12.1. The molecule has 1 atom stereocenters. The van der Waals surface area contributed by atoms with Crippen LogP contribution < -0.4 is 0 Å². The minimum absolute atomic E-state index is 0.0680. The maximum atomic E-state index is 12.9. The molecule has 0 heterocycles. The Hall–Kier alpha value is -2.11. The largest absolute Gasteiger partial charge is 0.462 e. The Kier molecular flexibility index (Phi) is 62.6. The third-order valence-corrected chi connectivity index (χ3v) is 15.4. The molecule has 0 spiro atoms. The van der Waals surface area contributed by atoms with Crippen LogP contribution in [-0.4, -0.2) is 37.2 Å². The molecule has 6 nitrogen and oxygen atoms in total. The Morgan fingerprint density at radius 2 is 0.440 bits per heavy atom. The summed E-state index contributed by atoms with van der Waals surface area (Å²) in [6.45, 7) is 6.71. The van der Waals surface area contributed by atoms with Crippen LogP contribution in [0.2, 0.25) is 0 Å². The van der Waals surface area contributed by atoms with Gasteiger partial charge in [0.2, 0.25) is 0 Å². The Bertz CT molecular complexity index is 1210. The number of ether oxygens (including phenoxy) is 3. The lowest BCUT2D eigenvalue weighted by Gasteiger charge is -2.18. The van der Waals surface area contributed by atoms with Gasteiger partial charge in [0.15, 0.2) is 6.10 Å². The molecule has 0 aromatic heterocycles. The molecular formula is C69H130O6. The zero-order chi connectivity index (χ0) is 54.3. The summed E-state index contributed by atoms with van der Waals surface area (Å²) in [4.78, 5) is 38.4. The summed E-state index contributed by atoms with van der Waals surface area (Å²) < 4.78 is 17.0. The monoisotopic (exact) mass is 1050 g/mol. The summed E-state index contributed by atoms with van der Waals surface area (Å²) in [5, 5.41) is 0. The number of rotatable bonds is 63. The van der Waals surface area contributed by atoms with E-state index >= 15 is 0 Å². The van der Waals surface area contributed by atoms with E-state index in [-0.39, 0.29) is 31.1 Å². The molecule has 0 aliphatic rings. The van der Waals surface area contributed by atoms with Gasteiger partial charge in [0.05, 0.1) is 0 Å². The van der Waals surface area contributed by atoms with Crippen LogP contribution in [0.25, 0.3) is 0 Å². The molecule has 0 aromatic carbocycles. The molecule has 0 unspecified atom stereocenters. The second-order valence-corrected chi connectivity index (χ2v) is 23.1. The predicted molar refractivity (Wildman–Crippen MR) is 326 cm³/mol. The fourth-order valence-corrected chi connectivity index (χ4v) is 10.3. The quantitative estimate of drug-likeness (QED) is 0.0261. The Balaban J connectivity index is 4.31. The Morgan fingerprint density at radius 1 is 0.253 bits per heavy atom. The molecule has 0 amide bonds. The van der Waals surface area contributed by atoms with Crippen LogP contribution in [0.3, 0.4) is 0 Å². The number of carbonyl (C=O) groups is 3. The molecule has 6 heteroatoms. The van der Waals surface area contributed by atoms with Gasteiger partial charge >= 0.3 is 17.9 Å². The van der Waals surface area contributed by atoms with Gasteiger partial charge in [0, 0.05) is 19.3 Å². The van der Waals surface area contributed by atoms with Gasteiger partial charge in [-0.2, -0.15) is 0 Å². The SMILES string of the molecule is CCCCCCCC/C=C\CCCCCCCCCCCC(=O)O[C@H](COC(=O)CCCCCCCCC/C=C\CCCCCCCC)COC(=O)CCCCCCCCCCCCCCCCCCCCCCC. The van der Waals surface area contributed by atoms with Crippen LogP contribution in [0.1, 0.15) is 380 Å². The molecule has 0 aliphatic heterocycles. The van der Waals surface area contributed by atoms with Crippen molar-refractivity contribution in [2.45, 2.75) is 386 Å². The molecular weight excluding hydrogens is 925 g/mol. The van der Waals surface area contributed by atoms with Crippen molar-refractivity contribution >= 4 is 17.9 Å². The minimum atomic E-state index is -0.772. The molecule has 0 N–H and O–H groups in total. The van der Waals surface area contributed by atoms with E-state index in [2.05, 4.69) is 45.1 Å². The van der Waals surface area contributed by atoms with Crippen LogP contribution >= 0.6 is 0 Å². The maximum Gasteiger partial charge on any atom is 0.306 e. The van der Waals surface area contributed by atoms with E-state index in [1.807, 2.05) is 0 Å². The van der Waals surface area contributed by atoms with Crippen LogP contribution in [0.5, 0.6) is 0 Å². The third-order valence-electron chi connectivity index (χ3n) is 15.4. The Labute approximate surface area is 468 Å². The van der Waals surface area contributed by atoms with Crippen molar-refractivity contribution in [1.82, 2.24) is 0 Å². The van der Waals surface area contributed by atoms with Crippen molar-refractivity contribution in [3.05, 3.63) is 24.3 Å². The summed E-state index contributed by atoms with van der Waals surface area (Å²) in [5.74, 6) is -0.845. The fourth-order valence-electron chi connectivity index (χ4n) is 10.3. The van der Waals surface area contributed by atoms with Gasteiger partial charge in [0.1, 0.15) is 13.2 Å². The van der Waals surface area contributed by atoms with Crippen molar-refractivity contribution in [2.75, 3.05) is 13.2 Å². The number of allylic oxidation sites excluding steroid dienone is 4. The van der Waals surface area contributed by atoms with Crippen LogP contribution in [0.15, 0.2) is 24.3 Å². The smallest absolute Gasteiger partial charge is 0.306 e. The molecule has 0 bridgehead atoms. The van der Waals surface area contributed by atoms with Crippen LogP contribution in [0.4, 0.5) is 0 Å². The molecule has 442 valence electrons. The number of hydrogen-bond donors (Lipinski definition) is 0. The van der Waals surface area contributed by atoms with Crippen molar-refractivity contribution in [3.63, 3.8) is 0 Å². The summed E-state index contributed by atoms with van der Waals surface area (Å²) in [7, 11) is 0. The average molecular weight is 1060 g/mol. The van der Waals surface area contributed by atoms with E-state index in [9.17, 15) is 14.4 Å². The van der Waals surface area contributed by atoms with Crippen LogP contribution in [-0.2, 0) is 28.6 Å². The minimum Gasteiger partial charge on any atom is -0.462 e. The first-order valence-corrected chi connectivity index (χ1v) is 33.8. The highest BCUT2D eigenvalue weighted by Crippen LogP contribution is 2.18. The lowest BCUT2D eigenvalue weighted by molar-refractivity contribution is -0.167. The molecule has 0 saturated carbocycles. The maximum absolute atomic E-state index is 12.9. The predicted octanol–water partition coefficient (Wildman–Crippen LogP) is 23.0. The highest BCUT2D eigenvalue weighted by molar-refractivity contribution is 5.71. The molecule has 0 rings (SSSR count). The number of esters is 3. The van der Waals surface area contributed by atoms with Crippen molar-refractivity contribution in [2.24, 2.45) is 0 Å². The molecule has 0 aliphatic carbocycles. The van der Waals surface area contributed by atoms with Crippen LogP contribution in [0, 0.1) is 0 Å². The van der Waals surface area contributed by atoms with E-state index in [0.29, 0.717) is 19.3 Å². The van der Waals surface area contributed by atoms with Gasteiger partial charge in [-0.05, 0) is 70.6 Å². The standard InChI is InChI=1S/C69H130O6/c1-4-7-10-13-16-19-22-25-28-31-33-34-36-38-41-44-47-50-53-56-59-62-68(71)74-65-66(64-73-67(70)61-58-55-52-49-46-43-40-37-30-27-24-21-18-15-12-9-6-3)75-69(72)63-60-57-54-51-48-45-42-39-35-32-29-26-23-20-17-14-11-8-5-2/h26-27,29-30,66H,4-25,28,31-65H2,1-3H3/b29-26-,30-27-/t66-/m1/s1. The molecule has 0 radical (unpaired) electrons. The summed E-state index contributed by atoms with van der Waals surface area (Å²) in [6.07, 6.45) is 77.6. The molecule has 0 aromatic rings.